The first-order valence-electron chi connectivity index (χ1n) is 7.32. The Morgan fingerprint density at radius 1 is 1.48 bits per heavy atom. The zero-order chi connectivity index (χ0) is 17.0. The summed E-state index contributed by atoms with van der Waals surface area (Å²) in [6, 6.07) is 5.39. The molecule has 0 saturated heterocycles. The molecule has 0 bridgehead atoms. The van der Waals surface area contributed by atoms with Crippen LogP contribution in [0.4, 0.5) is 5.82 Å². The van der Waals surface area contributed by atoms with E-state index < -0.39 is 0 Å². The Hall–Kier alpha value is -2.20. The standard InChI is InChI=1S/C16H20N4O2S/c1-5-23-10-12-7-13(19-22-12)15(21)18-14-6-11(8-17)9-20(14)16(2,3)4/h6-7,9H,5,10H2,1-4H3,(H,18,21). The van der Waals surface area contributed by atoms with Crippen LogP contribution in [0.25, 0.3) is 0 Å². The minimum Gasteiger partial charge on any atom is -0.360 e. The van der Waals surface area contributed by atoms with Crippen molar-refractivity contribution < 1.29 is 9.32 Å². The van der Waals surface area contributed by atoms with Crippen LogP contribution < -0.4 is 5.32 Å². The molecule has 0 unspecified atom stereocenters. The number of nitrogens with zero attached hydrogens (tertiary/aromatic N) is 3. The number of hydrogen-bond acceptors (Lipinski definition) is 5. The van der Waals surface area contributed by atoms with Crippen LogP contribution >= 0.6 is 11.8 Å². The summed E-state index contributed by atoms with van der Waals surface area (Å²) in [6.45, 7) is 8.06. The molecule has 2 aromatic rings. The van der Waals surface area contributed by atoms with Crippen molar-refractivity contribution in [2.75, 3.05) is 11.1 Å². The topological polar surface area (TPSA) is 83.9 Å². The van der Waals surface area contributed by atoms with Crippen LogP contribution in [0, 0.1) is 11.3 Å². The van der Waals surface area contributed by atoms with Crippen LogP contribution in [0.5, 0.6) is 0 Å². The number of nitriles is 1. The van der Waals surface area contributed by atoms with E-state index in [1.54, 1.807) is 30.1 Å². The summed E-state index contributed by atoms with van der Waals surface area (Å²) in [7, 11) is 0. The monoisotopic (exact) mass is 332 g/mol. The average molecular weight is 332 g/mol. The SMILES string of the molecule is CCSCc1cc(C(=O)Nc2cc(C#N)cn2C(C)(C)C)no1. The van der Waals surface area contributed by atoms with Gasteiger partial charge in [-0.15, -0.1) is 0 Å². The second kappa shape index (κ2) is 6.92. The molecule has 0 aliphatic rings. The summed E-state index contributed by atoms with van der Waals surface area (Å²) in [5.74, 6) is 2.54. The first-order chi connectivity index (χ1) is 10.8. The molecule has 2 heterocycles. The number of aromatic nitrogens is 2. The van der Waals surface area contributed by atoms with Gasteiger partial charge in [-0.3, -0.25) is 4.79 Å². The zero-order valence-corrected chi connectivity index (χ0v) is 14.5. The molecule has 2 aromatic heterocycles. The molecular weight excluding hydrogens is 312 g/mol. The van der Waals surface area contributed by atoms with E-state index in [2.05, 4.69) is 23.5 Å². The van der Waals surface area contributed by atoms with E-state index in [1.807, 2.05) is 25.3 Å². The maximum absolute atomic E-state index is 12.3. The maximum Gasteiger partial charge on any atom is 0.278 e. The molecule has 0 fully saturated rings. The summed E-state index contributed by atoms with van der Waals surface area (Å²) >= 11 is 1.70. The lowest BCUT2D eigenvalue weighted by Crippen LogP contribution is -2.25. The van der Waals surface area contributed by atoms with Gasteiger partial charge in [0.2, 0.25) is 0 Å². The van der Waals surface area contributed by atoms with Gasteiger partial charge in [-0.25, -0.2) is 0 Å². The molecule has 0 atom stereocenters. The van der Waals surface area contributed by atoms with Crippen molar-refractivity contribution in [1.29, 1.82) is 5.26 Å². The van der Waals surface area contributed by atoms with Gasteiger partial charge in [0.1, 0.15) is 17.6 Å². The van der Waals surface area contributed by atoms with Crippen molar-refractivity contribution in [3.8, 4) is 6.07 Å². The fraction of sp³-hybridized carbons (Fsp3) is 0.438. The quantitative estimate of drug-likeness (QED) is 0.904. The highest BCUT2D eigenvalue weighted by molar-refractivity contribution is 7.98. The number of amides is 1. The number of rotatable bonds is 5. The van der Waals surface area contributed by atoms with Crippen LogP contribution in [-0.2, 0) is 11.3 Å². The van der Waals surface area contributed by atoms with E-state index in [4.69, 9.17) is 9.78 Å². The molecule has 2 rings (SSSR count). The Labute approximate surface area is 139 Å². The van der Waals surface area contributed by atoms with Gasteiger partial charge < -0.3 is 14.4 Å². The predicted molar refractivity (Wildman–Crippen MR) is 90.4 cm³/mol. The lowest BCUT2D eigenvalue weighted by Gasteiger charge is -2.24. The Morgan fingerprint density at radius 3 is 2.83 bits per heavy atom. The molecule has 0 spiro atoms. The molecular formula is C16H20N4O2S. The summed E-state index contributed by atoms with van der Waals surface area (Å²) in [5, 5.41) is 15.7. The maximum atomic E-state index is 12.3. The molecule has 23 heavy (non-hydrogen) atoms. The Bertz CT molecular complexity index is 734. The first kappa shape index (κ1) is 17.2. The Morgan fingerprint density at radius 2 is 2.22 bits per heavy atom. The fourth-order valence-corrected chi connectivity index (χ4v) is 2.59. The van der Waals surface area contributed by atoms with Gasteiger partial charge in [-0.1, -0.05) is 12.1 Å². The number of nitrogens with one attached hydrogen (secondary N) is 1. The molecule has 122 valence electrons. The van der Waals surface area contributed by atoms with Crippen molar-refractivity contribution in [2.45, 2.75) is 39.0 Å². The number of thioether (sulfide) groups is 1. The lowest BCUT2D eigenvalue weighted by molar-refractivity contribution is 0.101. The molecule has 6 nitrogen and oxygen atoms in total. The number of anilines is 1. The number of hydrogen-bond donors (Lipinski definition) is 1. The van der Waals surface area contributed by atoms with Gasteiger partial charge in [-0.05, 0) is 32.6 Å². The van der Waals surface area contributed by atoms with Gasteiger partial charge >= 0.3 is 0 Å². The second-order valence-electron chi connectivity index (χ2n) is 6.04. The third kappa shape index (κ3) is 4.17. The van der Waals surface area contributed by atoms with Crippen molar-refractivity contribution in [3.63, 3.8) is 0 Å². The normalized spacial score (nSPS) is 11.3. The van der Waals surface area contributed by atoms with Gasteiger partial charge in [-0.2, -0.15) is 17.0 Å². The van der Waals surface area contributed by atoms with Crippen LogP contribution in [0.3, 0.4) is 0 Å². The highest BCUT2D eigenvalue weighted by Gasteiger charge is 2.21. The van der Waals surface area contributed by atoms with E-state index in [0.717, 1.165) is 5.75 Å². The molecule has 0 aromatic carbocycles. The Kier molecular flexibility index (Phi) is 5.16. The van der Waals surface area contributed by atoms with Crippen molar-refractivity contribution >= 4 is 23.5 Å². The van der Waals surface area contributed by atoms with E-state index in [-0.39, 0.29) is 17.1 Å². The molecule has 1 amide bonds. The predicted octanol–water partition coefficient (Wildman–Crippen LogP) is 3.61. The van der Waals surface area contributed by atoms with Gasteiger partial charge in [0.25, 0.3) is 5.91 Å². The lowest BCUT2D eigenvalue weighted by atomic mass is 10.1. The summed E-state index contributed by atoms with van der Waals surface area (Å²) in [6.07, 6.45) is 1.72. The van der Waals surface area contributed by atoms with Gasteiger partial charge in [0, 0.05) is 17.8 Å². The van der Waals surface area contributed by atoms with Crippen LogP contribution in [0.2, 0.25) is 0 Å². The van der Waals surface area contributed by atoms with Crippen LogP contribution in [-0.4, -0.2) is 21.4 Å². The highest BCUT2D eigenvalue weighted by atomic mass is 32.2. The molecule has 0 aliphatic carbocycles. The fourth-order valence-electron chi connectivity index (χ4n) is 2.05. The zero-order valence-electron chi connectivity index (χ0n) is 13.7. The second-order valence-corrected chi connectivity index (χ2v) is 7.31. The summed E-state index contributed by atoms with van der Waals surface area (Å²) < 4.78 is 7.02. The van der Waals surface area contributed by atoms with Crippen LogP contribution in [0.1, 0.15) is 49.5 Å². The van der Waals surface area contributed by atoms with Crippen molar-refractivity contribution in [2.24, 2.45) is 0 Å². The average Bonchev–Trinajstić information content (AvgIpc) is 3.10. The third-order valence-electron chi connectivity index (χ3n) is 3.15. The molecule has 0 radical (unpaired) electrons. The summed E-state index contributed by atoms with van der Waals surface area (Å²) in [4.78, 5) is 12.3. The largest absolute Gasteiger partial charge is 0.360 e. The first-order valence-corrected chi connectivity index (χ1v) is 8.48. The van der Waals surface area contributed by atoms with Gasteiger partial charge in [0.15, 0.2) is 5.69 Å². The van der Waals surface area contributed by atoms with E-state index in [1.165, 1.54) is 0 Å². The Balaban J connectivity index is 2.19. The van der Waals surface area contributed by atoms with Crippen molar-refractivity contribution in [3.05, 3.63) is 35.3 Å². The smallest absolute Gasteiger partial charge is 0.278 e. The summed E-state index contributed by atoms with van der Waals surface area (Å²) in [5.41, 5.74) is 0.470. The van der Waals surface area contributed by atoms with Crippen molar-refractivity contribution in [1.82, 2.24) is 9.72 Å². The van der Waals surface area contributed by atoms with Crippen LogP contribution in [0.15, 0.2) is 22.9 Å². The molecule has 0 aliphatic heterocycles. The minimum atomic E-state index is -0.352. The number of carbonyl (C=O) groups is 1. The van der Waals surface area contributed by atoms with E-state index >= 15 is 0 Å². The van der Waals surface area contributed by atoms with Gasteiger partial charge in [0.05, 0.1) is 11.3 Å². The molecule has 7 heteroatoms. The molecule has 0 saturated carbocycles. The number of carbonyl (C=O) groups excluding carboxylic acids is 1. The molecule has 1 N–H and O–H groups in total. The van der Waals surface area contributed by atoms with E-state index in [9.17, 15) is 4.79 Å². The van der Waals surface area contributed by atoms with E-state index in [0.29, 0.717) is 22.9 Å². The minimum absolute atomic E-state index is 0.233. The third-order valence-corrected chi connectivity index (χ3v) is 4.05. The highest BCUT2D eigenvalue weighted by Crippen LogP contribution is 2.24.